The van der Waals surface area contributed by atoms with Crippen molar-refractivity contribution >= 4 is 34.6 Å². The van der Waals surface area contributed by atoms with Crippen LogP contribution < -0.4 is 10.00 Å². The Kier molecular flexibility index (Phi) is 4.26. The average Bonchev–Trinajstić information content (AvgIpc) is 2.75. The minimum absolute atomic E-state index is 0.220. The van der Waals surface area contributed by atoms with Crippen LogP contribution in [0.5, 0.6) is 0 Å². The van der Waals surface area contributed by atoms with Gasteiger partial charge in [-0.3, -0.25) is 9.84 Å². The molecule has 0 spiro atoms. The van der Waals surface area contributed by atoms with E-state index in [-0.39, 0.29) is 5.88 Å². The van der Waals surface area contributed by atoms with Gasteiger partial charge in [0.25, 0.3) is 6.20 Å². The number of hydrogen-bond acceptors (Lipinski definition) is 4. The number of halogens is 1. The van der Waals surface area contributed by atoms with Crippen LogP contribution in [0.4, 0.5) is 10.7 Å². The predicted molar refractivity (Wildman–Crippen MR) is 80.6 cm³/mol. The lowest BCUT2D eigenvalue weighted by Crippen LogP contribution is -2.31. The van der Waals surface area contributed by atoms with E-state index >= 15 is 0 Å². The van der Waals surface area contributed by atoms with Gasteiger partial charge < -0.3 is 4.74 Å². The topological polar surface area (TPSA) is 68.2 Å². The maximum Gasteiger partial charge on any atom is 0.414 e. The summed E-state index contributed by atoms with van der Waals surface area (Å²) in [5.41, 5.74) is 0.280. The van der Waals surface area contributed by atoms with Crippen molar-refractivity contribution in [2.45, 2.75) is 26.4 Å². The van der Waals surface area contributed by atoms with E-state index < -0.39 is 11.7 Å². The summed E-state index contributed by atoms with van der Waals surface area (Å²) in [6.07, 6.45) is 0.995. The molecule has 0 unspecified atom stereocenters. The molecule has 0 radical (unpaired) electrons. The lowest BCUT2D eigenvalue weighted by atomic mass is 10.2. The molecule has 7 heteroatoms. The molecular weight excluding hydrogens is 373 g/mol. The third-order valence-corrected chi connectivity index (χ3v) is 2.90. The first-order valence-electron chi connectivity index (χ1n) is 5.98. The number of hydrogen-bond donors (Lipinski definition) is 1. The summed E-state index contributed by atoms with van der Waals surface area (Å²) in [6.45, 7) is 5.37. The summed E-state index contributed by atoms with van der Waals surface area (Å²) < 4.78 is 12.8. The summed E-state index contributed by atoms with van der Waals surface area (Å²) >= 11 is 2.22. The SMILES string of the molecule is CC(C)(C)OC(=O)Nc1c[n+](-c2ccc(I)cc2)no1. The van der Waals surface area contributed by atoms with Gasteiger partial charge in [-0.25, -0.2) is 4.79 Å². The number of carbonyl (C=O) groups excluding carboxylic acids is 1. The highest BCUT2D eigenvalue weighted by atomic mass is 127. The Morgan fingerprint density at radius 3 is 2.60 bits per heavy atom. The Balaban J connectivity index is 2.06. The van der Waals surface area contributed by atoms with E-state index in [0.29, 0.717) is 0 Å². The average molecular weight is 388 g/mol. The highest BCUT2D eigenvalue weighted by molar-refractivity contribution is 14.1. The van der Waals surface area contributed by atoms with E-state index in [0.717, 1.165) is 9.26 Å². The lowest BCUT2D eigenvalue weighted by molar-refractivity contribution is -0.670. The first-order chi connectivity index (χ1) is 9.33. The first-order valence-corrected chi connectivity index (χ1v) is 7.06. The zero-order chi connectivity index (χ0) is 14.8. The fourth-order valence-electron chi connectivity index (χ4n) is 1.42. The summed E-state index contributed by atoms with van der Waals surface area (Å²) in [4.78, 5) is 11.6. The van der Waals surface area contributed by atoms with Gasteiger partial charge in [0.15, 0.2) is 0 Å². The van der Waals surface area contributed by atoms with Gasteiger partial charge in [-0.2, -0.15) is 0 Å². The fourth-order valence-corrected chi connectivity index (χ4v) is 1.78. The van der Waals surface area contributed by atoms with E-state index in [1.54, 1.807) is 27.0 Å². The molecule has 6 nitrogen and oxygen atoms in total. The molecule has 20 heavy (non-hydrogen) atoms. The molecular formula is C13H15IN3O3+. The molecule has 0 atom stereocenters. The Hall–Kier alpha value is -1.64. The molecule has 1 aromatic carbocycles. The molecule has 0 aliphatic heterocycles. The number of amides is 1. The van der Waals surface area contributed by atoms with Crippen molar-refractivity contribution in [3.63, 3.8) is 0 Å². The Labute approximate surface area is 130 Å². The van der Waals surface area contributed by atoms with Gasteiger partial charge in [-0.15, -0.1) is 0 Å². The maximum atomic E-state index is 11.6. The zero-order valence-electron chi connectivity index (χ0n) is 11.4. The molecule has 1 amide bonds. The third-order valence-electron chi connectivity index (χ3n) is 2.18. The number of ether oxygens (including phenoxy) is 1. The Morgan fingerprint density at radius 2 is 2.00 bits per heavy atom. The van der Waals surface area contributed by atoms with Gasteiger partial charge in [-0.1, -0.05) is 0 Å². The van der Waals surface area contributed by atoms with Crippen molar-refractivity contribution in [1.82, 2.24) is 5.27 Å². The number of benzene rings is 1. The maximum absolute atomic E-state index is 11.6. The highest BCUT2D eigenvalue weighted by Crippen LogP contribution is 2.11. The molecule has 1 N–H and O–H groups in total. The zero-order valence-corrected chi connectivity index (χ0v) is 13.5. The Bertz CT molecular complexity index is 602. The van der Waals surface area contributed by atoms with E-state index in [9.17, 15) is 4.79 Å². The molecule has 0 saturated heterocycles. The number of nitrogens with one attached hydrogen (secondary N) is 1. The normalized spacial score (nSPS) is 11.2. The molecule has 2 rings (SSSR count). The minimum Gasteiger partial charge on any atom is -0.444 e. The van der Waals surface area contributed by atoms with Crippen LogP contribution in [-0.4, -0.2) is 17.0 Å². The molecule has 106 valence electrons. The molecule has 0 bridgehead atoms. The van der Waals surface area contributed by atoms with Crippen molar-refractivity contribution in [2.75, 3.05) is 5.32 Å². The number of anilines is 1. The van der Waals surface area contributed by atoms with Crippen molar-refractivity contribution in [2.24, 2.45) is 0 Å². The molecule has 0 aliphatic carbocycles. The van der Waals surface area contributed by atoms with Gasteiger partial charge >= 0.3 is 12.0 Å². The first kappa shape index (κ1) is 14.8. The summed E-state index contributed by atoms with van der Waals surface area (Å²) in [6, 6.07) is 7.72. The lowest BCUT2D eigenvalue weighted by Gasteiger charge is -2.18. The van der Waals surface area contributed by atoms with E-state index in [4.69, 9.17) is 9.26 Å². The number of aromatic nitrogens is 2. The van der Waals surface area contributed by atoms with Crippen molar-refractivity contribution in [3.05, 3.63) is 34.0 Å². The molecule has 2 aromatic rings. The molecule has 1 aromatic heterocycles. The summed E-state index contributed by atoms with van der Waals surface area (Å²) in [7, 11) is 0. The van der Waals surface area contributed by atoms with Crippen LogP contribution in [0, 0.1) is 3.57 Å². The van der Waals surface area contributed by atoms with Crippen LogP contribution in [0.1, 0.15) is 20.8 Å². The molecule has 0 aliphatic rings. The second-order valence-corrected chi connectivity index (χ2v) is 6.36. The van der Waals surface area contributed by atoms with E-state index in [2.05, 4.69) is 33.2 Å². The van der Waals surface area contributed by atoms with Gasteiger partial charge in [-0.05, 0) is 60.2 Å². The van der Waals surface area contributed by atoms with Crippen molar-refractivity contribution < 1.29 is 18.7 Å². The van der Waals surface area contributed by atoms with Gasteiger partial charge in [0.1, 0.15) is 5.60 Å². The van der Waals surface area contributed by atoms with Gasteiger partial charge in [0, 0.05) is 15.7 Å². The monoisotopic (exact) mass is 388 g/mol. The summed E-state index contributed by atoms with van der Waals surface area (Å²) in [5, 5.41) is 6.32. The summed E-state index contributed by atoms with van der Waals surface area (Å²) in [5.74, 6) is 0.220. The second-order valence-electron chi connectivity index (χ2n) is 5.11. The fraction of sp³-hybridized carbons (Fsp3) is 0.308. The highest BCUT2D eigenvalue weighted by Gasteiger charge is 2.20. The quantitative estimate of drug-likeness (QED) is 0.635. The van der Waals surface area contributed by atoms with Crippen LogP contribution >= 0.6 is 22.6 Å². The van der Waals surface area contributed by atoms with Crippen molar-refractivity contribution in [3.8, 4) is 5.69 Å². The Morgan fingerprint density at radius 1 is 1.35 bits per heavy atom. The molecule has 0 saturated carbocycles. The largest absolute Gasteiger partial charge is 0.444 e. The van der Waals surface area contributed by atoms with Crippen LogP contribution in [0.3, 0.4) is 0 Å². The van der Waals surface area contributed by atoms with Crippen LogP contribution in [0.25, 0.3) is 5.69 Å². The number of rotatable bonds is 2. The minimum atomic E-state index is -0.580. The molecule has 1 heterocycles. The standard InChI is InChI=1S/C13H14IN3O3/c1-13(2,3)19-12(18)15-11-8-17(16-20-11)10-6-4-9(14)5-7-10/h4-8H,1-3H3/p+1. The molecule has 0 fully saturated rings. The number of carbonyl (C=O) groups is 1. The number of nitrogens with zero attached hydrogens (tertiary/aromatic N) is 2. The smallest absolute Gasteiger partial charge is 0.414 e. The van der Waals surface area contributed by atoms with Crippen LogP contribution in [-0.2, 0) is 4.74 Å². The van der Waals surface area contributed by atoms with Crippen LogP contribution in [0.15, 0.2) is 35.0 Å². The van der Waals surface area contributed by atoms with Gasteiger partial charge in [0.2, 0.25) is 11.0 Å². The third kappa shape index (κ3) is 4.19. The van der Waals surface area contributed by atoms with Crippen LogP contribution in [0.2, 0.25) is 0 Å². The van der Waals surface area contributed by atoms with Crippen molar-refractivity contribution in [1.29, 1.82) is 0 Å². The predicted octanol–water partition coefficient (Wildman–Crippen LogP) is 2.90. The van der Waals surface area contributed by atoms with E-state index in [1.165, 1.54) is 4.68 Å². The van der Waals surface area contributed by atoms with E-state index in [1.807, 2.05) is 24.3 Å². The second kappa shape index (κ2) is 5.78. The van der Waals surface area contributed by atoms with Gasteiger partial charge in [0.05, 0.1) is 0 Å².